The number of ether oxygens (including phenoxy) is 5. The van der Waals surface area contributed by atoms with Gasteiger partial charge >= 0.3 is 17.9 Å². The number of phenols is 1. The third-order valence-corrected chi connectivity index (χ3v) is 4.94. The maximum Gasteiger partial charge on any atom is 0.342 e. The average molecular weight is 428 g/mol. The Balaban J connectivity index is 1.38. The minimum atomic E-state index is -0.708. The molecule has 2 aromatic carbocycles. The standard InChI is InChI=1S/C22H20O9/c1-12(23)29-16-5-3-2-4-15(16)22(26)31-18-11-28-19-17(10-27-20(18)19)30-21(25)13-6-8-14(24)9-7-13/h2-9,17-20,24H,10-11H2,1H3/t17-,18+,19-,20-/m1/s1. The molecule has 0 saturated carbocycles. The molecule has 0 aliphatic carbocycles. The lowest BCUT2D eigenvalue weighted by atomic mass is 10.1. The van der Waals surface area contributed by atoms with Crippen molar-refractivity contribution in [3.8, 4) is 11.5 Å². The molecule has 0 bridgehead atoms. The summed E-state index contributed by atoms with van der Waals surface area (Å²) in [7, 11) is 0. The van der Waals surface area contributed by atoms with Crippen molar-refractivity contribution in [2.75, 3.05) is 13.2 Å². The molecule has 2 aromatic rings. The van der Waals surface area contributed by atoms with Gasteiger partial charge in [0.05, 0.1) is 18.8 Å². The summed E-state index contributed by atoms with van der Waals surface area (Å²) in [6.07, 6.45) is -2.55. The van der Waals surface area contributed by atoms with Gasteiger partial charge in [0.15, 0.2) is 12.2 Å². The molecule has 2 fully saturated rings. The van der Waals surface area contributed by atoms with Crippen molar-refractivity contribution in [3.05, 3.63) is 59.7 Å². The second kappa shape index (κ2) is 8.75. The molecule has 0 spiro atoms. The summed E-state index contributed by atoms with van der Waals surface area (Å²) in [5.74, 6) is -1.67. The maximum atomic E-state index is 12.6. The number of benzene rings is 2. The third-order valence-electron chi connectivity index (χ3n) is 4.94. The van der Waals surface area contributed by atoms with Gasteiger partial charge in [0.2, 0.25) is 0 Å². The molecule has 1 N–H and O–H groups in total. The molecule has 162 valence electrons. The van der Waals surface area contributed by atoms with E-state index in [1.54, 1.807) is 12.1 Å². The zero-order chi connectivity index (χ0) is 22.0. The van der Waals surface area contributed by atoms with E-state index in [9.17, 15) is 19.5 Å². The fourth-order valence-electron chi connectivity index (χ4n) is 3.51. The summed E-state index contributed by atoms with van der Waals surface area (Å²) in [6, 6.07) is 11.9. The summed E-state index contributed by atoms with van der Waals surface area (Å²) in [6.45, 7) is 1.41. The maximum absolute atomic E-state index is 12.6. The zero-order valence-corrected chi connectivity index (χ0v) is 16.6. The molecule has 9 heteroatoms. The number of para-hydroxylation sites is 1. The van der Waals surface area contributed by atoms with Crippen LogP contribution in [0, 0.1) is 0 Å². The first kappa shape index (κ1) is 20.8. The third kappa shape index (κ3) is 4.52. The summed E-state index contributed by atoms with van der Waals surface area (Å²) in [5, 5.41) is 9.33. The summed E-state index contributed by atoms with van der Waals surface area (Å²) >= 11 is 0. The van der Waals surface area contributed by atoms with Crippen LogP contribution in [-0.4, -0.2) is 60.6 Å². The molecule has 9 nitrogen and oxygen atoms in total. The van der Waals surface area contributed by atoms with E-state index < -0.39 is 42.3 Å². The number of hydrogen-bond donors (Lipinski definition) is 1. The molecule has 0 unspecified atom stereocenters. The van der Waals surface area contributed by atoms with Crippen LogP contribution in [0.25, 0.3) is 0 Å². The van der Waals surface area contributed by atoms with E-state index in [2.05, 4.69) is 0 Å². The largest absolute Gasteiger partial charge is 0.508 e. The van der Waals surface area contributed by atoms with Gasteiger partial charge in [-0.15, -0.1) is 0 Å². The first-order valence-electron chi connectivity index (χ1n) is 9.64. The number of rotatable bonds is 5. The molecule has 0 radical (unpaired) electrons. The summed E-state index contributed by atoms with van der Waals surface area (Å²) in [4.78, 5) is 36.2. The van der Waals surface area contributed by atoms with E-state index in [4.69, 9.17) is 23.7 Å². The number of hydrogen-bond acceptors (Lipinski definition) is 9. The van der Waals surface area contributed by atoms with Gasteiger partial charge in [0.1, 0.15) is 29.3 Å². The Hall–Kier alpha value is -3.43. The van der Waals surface area contributed by atoms with Gasteiger partial charge < -0.3 is 28.8 Å². The lowest BCUT2D eigenvalue weighted by Crippen LogP contribution is -2.36. The van der Waals surface area contributed by atoms with Crippen LogP contribution in [0.15, 0.2) is 48.5 Å². The normalized spacial score (nSPS) is 24.3. The highest BCUT2D eigenvalue weighted by atomic mass is 16.7. The number of aromatic hydroxyl groups is 1. The van der Waals surface area contributed by atoms with Crippen molar-refractivity contribution in [1.82, 2.24) is 0 Å². The average Bonchev–Trinajstić information content (AvgIpc) is 3.32. The minimum absolute atomic E-state index is 0.0416. The van der Waals surface area contributed by atoms with Gasteiger partial charge in [0, 0.05) is 6.92 Å². The number of esters is 3. The van der Waals surface area contributed by atoms with Gasteiger partial charge in [-0.05, 0) is 36.4 Å². The molecule has 2 saturated heterocycles. The van der Waals surface area contributed by atoms with Crippen LogP contribution in [0.5, 0.6) is 11.5 Å². The van der Waals surface area contributed by atoms with Crippen molar-refractivity contribution in [2.45, 2.75) is 31.3 Å². The fourth-order valence-corrected chi connectivity index (χ4v) is 3.51. The Morgan fingerprint density at radius 2 is 1.45 bits per heavy atom. The van der Waals surface area contributed by atoms with Crippen LogP contribution in [-0.2, 0) is 23.7 Å². The molecular formula is C22H20O9. The lowest BCUT2D eigenvalue weighted by molar-refractivity contribution is -0.131. The van der Waals surface area contributed by atoms with E-state index in [-0.39, 0.29) is 35.8 Å². The topological polar surface area (TPSA) is 118 Å². The van der Waals surface area contributed by atoms with Crippen molar-refractivity contribution in [1.29, 1.82) is 0 Å². The van der Waals surface area contributed by atoms with E-state index >= 15 is 0 Å². The van der Waals surface area contributed by atoms with Crippen LogP contribution < -0.4 is 4.74 Å². The SMILES string of the molecule is CC(=O)Oc1ccccc1C(=O)O[C@H]1CO[C@H]2[C@@H]1OC[C@H]2OC(=O)c1ccc(O)cc1. The molecule has 0 amide bonds. The highest BCUT2D eigenvalue weighted by Crippen LogP contribution is 2.32. The highest BCUT2D eigenvalue weighted by Gasteiger charge is 2.51. The van der Waals surface area contributed by atoms with Gasteiger partial charge in [0.25, 0.3) is 0 Å². The lowest BCUT2D eigenvalue weighted by Gasteiger charge is -2.18. The predicted molar refractivity (Wildman–Crippen MR) is 104 cm³/mol. The number of phenolic OH excluding ortho intramolecular Hbond substituents is 1. The highest BCUT2D eigenvalue weighted by molar-refractivity contribution is 5.93. The van der Waals surface area contributed by atoms with Crippen molar-refractivity contribution < 1.29 is 43.2 Å². The van der Waals surface area contributed by atoms with E-state index in [1.807, 2.05) is 0 Å². The van der Waals surface area contributed by atoms with E-state index in [0.717, 1.165) is 0 Å². The van der Waals surface area contributed by atoms with Gasteiger partial charge in [-0.25, -0.2) is 9.59 Å². The monoisotopic (exact) mass is 428 g/mol. The minimum Gasteiger partial charge on any atom is -0.508 e. The van der Waals surface area contributed by atoms with Crippen molar-refractivity contribution in [3.63, 3.8) is 0 Å². The van der Waals surface area contributed by atoms with Crippen LogP contribution >= 0.6 is 0 Å². The van der Waals surface area contributed by atoms with E-state index in [1.165, 1.54) is 43.3 Å². The quantitative estimate of drug-likeness (QED) is 0.562. The molecule has 2 heterocycles. The van der Waals surface area contributed by atoms with Gasteiger partial charge in [-0.1, -0.05) is 12.1 Å². The number of carbonyl (C=O) groups is 3. The Kier molecular flexibility index (Phi) is 5.88. The summed E-state index contributed by atoms with van der Waals surface area (Å²) < 4.78 is 27.4. The van der Waals surface area contributed by atoms with Crippen molar-refractivity contribution in [2.24, 2.45) is 0 Å². The Labute approximate surface area is 177 Å². The van der Waals surface area contributed by atoms with Gasteiger partial charge in [-0.2, -0.15) is 0 Å². The Morgan fingerprint density at radius 3 is 2.06 bits per heavy atom. The molecule has 2 aliphatic rings. The zero-order valence-electron chi connectivity index (χ0n) is 16.6. The predicted octanol–water partition coefficient (Wildman–Crippen LogP) is 1.87. The smallest absolute Gasteiger partial charge is 0.342 e. The molecular weight excluding hydrogens is 408 g/mol. The Morgan fingerprint density at radius 1 is 0.871 bits per heavy atom. The molecule has 31 heavy (non-hydrogen) atoms. The van der Waals surface area contributed by atoms with E-state index in [0.29, 0.717) is 0 Å². The molecule has 4 rings (SSSR count). The van der Waals surface area contributed by atoms with Crippen LogP contribution in [0.1, 0.15) is 27.6 Å². The van der Waals surface area contributed by atoms with Crippen LogP contribution in [0.3, 0.4) is 0 Å². The Bertz CT molecular complexity index is 985. The number of carbonyl (C=O) groups excluding carboxylic acids is 3. The van der Waals surface area contributed by atoms with Crippen LogP contribution in [0.4, 0.5) is 0 Å². The number of fused-ring (bicyclic) bond motifs is 1. The van der Waals surface area contributed by atoms with Crippen molar-refractivity contribution >= 4 is 17.9 Å². The fraction of sp³-hybridized carbons (Fsp3) is 0.318. The van der Waals surface area contributed by atoms with Gasteiger partial charge in [-0.3, -0.25) is 4.79 Å². The first-order chi connectivity index (χ1) is 14.9. The molecule has 2 aliphatic heterocycles. The second-order valence-electron chi connectivity index (χ2n) is 7.12. The summed E-state index contributed by atoms with van der Waals surface area (Å²) in [5.41, 5.74) is 0.388. The second-order valence-corrected chi connectivity index (χ2v) is 7.12. The van der Waals surface area contributed by atoms with Crippen LogP contribution in [0.2, 0.25) is 0 Å². The molecule has 0 aromatic heterocycles. The molecule has 4 atom stereocenters. The first-order valence-corrected chi connectivity index (χ1v) is 9.64.